The standard InChI is InChI=1S/C21H26FN5O.HI/c1-25(16-17-5-3-2-4-6-17)20(28)15-24-21(23)27-13-11-26(12-14-27)19-9-7-18(22)8-10-19;/h2-10H,11-16H2,1H3,(H2,23,24);1H. The van der Waals surface area contributed by atoms with Crippen LogP contribution in [0.4, 0.5) is 10.1 Å². The first-order chi connectivity index (χ1) is 13.5. The smallest absolute Gasteiger partial charge is 0.244 e. The van der Waals surface area contributed by atoms with Gasteiger partial charge in [0.2, 0.25) is 5.91 Å². The second kappa shape index (κ2) is 11.0. The van der Waals surface area contributed by atoms with Crippen molar-refractivity contribution in [3.63, 3.8) is 0 Å². The maximum absolute atomic E-state index is 13.1. The second-order valence-corrected chi connectivity index (χ2v) is 6.86. The van der Waals surface area contributed by atoms with Gasteiger partial charge in [0.15, 0.2) is 5.96 Å². The van der Waals surface area contributed by atoms with Crippen LogP contribution in [0.2, 0.25) is 0 Å². The summed E-state index contributed by atoms with van der Waals surface area (Å²) in [5.41, 5.74) is 8.16. The van der Waals surface area contributed by atoms with E-state index in [9.17, 15) is 9.18 Å². The number of benzene rings is 2. The van der Waals surface area contributed by atoms with E-state index in [0.717, 1.165) is 24.3 Å². The highest BCUT2D eigenvalue weighted by atomic mass is 127. The minimum absolute atomic E-state index is 0. The van der Waals surface area contributed by atoms with E-state index in [-0.39, 0.29) is 42.2 Å². The van der Waals surface area contributed by atoms with Gasteiger partial charge in [-0.25, -0.2) is 9.38 Å². The number of hydrogen-bond donors (Lipinski definition) is 1. The van der Waals surface area contributed by atoms with E-state index >= 15 is 0 Å². The quantitative estimate of drug-likeness (QED) is 0.381. The molecule has 1 aliphatic heterocycles. The summed E-state index contributed by atoms with van der Waals surface area (Å²) < 4.78 is 13.1. The highest BCUT2D eigenvalue weighted by molar-refractivity contribution is 14.0. The van der Waals surface area contributed by atoms with Gasteiger partial charge in [-0.15, -0.1) is 24.0 Å². The highest BCUT2D eigenvalue weighted by Gasteiger charge is 2.19. The van der Waals surface area contributed by atoms with Crippen molar-refractivity contribution in [3.8, 4) is 0 Å². The average Bonchev–Trinajstić information content (AvgIpc) is 2.73. The fourth-order valence-corrected chi connectivity index (χ4v) is 3.16. The molecule has 2 N–H and O–H groups in total. The molecule has 0 spiro atoms. The Morgan fingerprint density at radius 1 is 1.07 bits per heavy atom. The third-order valence-electron chi connectivity index (χ3n) is 4.86. The second-order valence-electron chi connectivity index (χ2n) is 6.86. The van der Waals surface area contributed by atoms with Crippen LogP contribution in [0, 0.1) is 5.82 Å². The van der Waals surface area contributed by atoms with Gasteiger partial charge in [0.25, 0.3) is 0 Å². The van der Waals surface area contributed by atoms with Crippen molar-refractivity contribution in [3.05, 3.63) is 66.0 Å². The summed E-state index contributed by atoms with van der Waals surface area (Å²) >= 11 is 0. The summed E-state index contributed by atoms with van der Waals surface area (Å²) in [4.78, 5) is 22.4. The summed E-state index contributed by atoms with van der Waals surface area (Å²) in [5.74, 6) is 0.0811. The first kappa shape index (κ1) is 22.9. The van der Waals surface area contributed by atoms with Crippen LogP contribution in [0.5, 0.6) is 0 Å². The zero-order chi connectivity index (χ0) is 19.9. The van der Waals surface area contributed by atoms with Crippen molar-refractivity contribution in [1.82, 2.24) is 9.80 Å². The summed E-state index contributed by atoms with van der Waals surface area (Å²) in [7, 11) is 1.77. The lowest BCUT2D eigenvalue weighted by atomic mass is 10.2. The maximum atomic E-state index is 13.1. The Labute approximate surface area is 188 Å². The van der Waals surface area contributed by atoms with Crippen LogP contribution in [0.1, 0.15) is 5.56 Å². The minimum atomic E-state index is -0.235. The first-order valence-electron chi connectivity index (χ1n) is 9.36. The number of carbonyl (C=O) groups is 1. The summed E-state index contributed by atoms with van der Waals surface area (Å²) in [6, 6.07) is 16.3. The Balaban J connectivity index is 0.00000300. The molecule has 2 aromatic carbocycles. The molecular formula is C21H27FIN5O. The summed E-state index contributed by atoms with van der Waals surface area (Å²) in [6.07, 6.45) is 0. The van der Waals surface area contributed by atoms with Crippen molar-refractivity contribution >= 4 is 41.5 Å². The van der Waals surface area contributed by atoms with Crippen molar-refractivity contribution < 1.29 is 9.18 Å². The van der Waals surface area contributed by atoms with Crippen LogP contribution in [0.15, 0.2) is 59.6 Å². The molecule has 0 saturated carbocycles. The molecule has 0 aromatic heterocycles. The molecule has 2 aromatic rings. The van der Waals surface area contributed by atoms with E-state index in [0.29, 0.717) is 25.6 Å². The van der Waals surface area contributed by atoms with E-state index in [1.807, 2.05) is 35.2 Å². The van der Waals surface area contributed by atoms with Gasteiger partial charge in [-0.3, -0.25) is 4.79 Å². The van der Waals surface area contributed by atoms with Gasteiger partial charge in [-0.2, -0.15) is 0 Å². The van der Waals surface area contributed by atoms with Crippen molar-refractivity contribution in [2.45, 2.75) is 6.54 Å². The molecule has 0 radical (unpaired) electrons. The van der Waals surface area contributed by atoms with Gasteiger partial charge in [0, 0.05) is 45.5 Å². The number of nitrogens with two attached hydrogens (primary N) is 1. The maximum Gasteiger partial charge on any atom is 0.244 e. The van der Waals surface area contributed by atoms with E-state index in [1.54, 1.807) is 24.1 Å². The largest absolute Gasteiger partial charge is 0.370 e. The van der Waals surface area contributed by atoms with E-state index in [1.165, 1.54) is 12.1 Å². The molecule has 1 saturated heterocycles. The number of hydrogen-bond acceptors (Lipinski definition) is 3. The molecule has 1 amide bonds. The molecule has 1 heterocycles. The fraction of sp³-hybridized carbons (Fsp3) is 0.333. The van der Waals surface area contributed by atoms with E-state index in [2.05, 4.69) is 9.89 Å². The average molecular weight is 511 g/mol. The van der Waals surface area contributed by atoms with E-state index < -0.39 is 0 Å². The highest BCUT2D eigenvalue weighted by Crippen LogP contribution is 2.16. The molecule has 0 unspecified atom stereocenters. The van der Waals surface area contributed by atoms with Crippen LogP contribution < -0.4 is 10.6 Å². The lowest BCUT2D eigenvalue weighted by molar-refractivity contribution is -0.128. The van der Waals surface area contributed by atoms with E-state index in [4.69, 9.17) is 5.73 Å². The molecule has 29 heavy (non-hydrogen) atoms. The van der Waals surface area contributed by atoms with Crippen LogP contribution in [-0.4, -0.2) is 61.4 Å². The molecule has 8 heteroatoms. The Bertz CT molecular complexity index is 808. The number of carbonyl (C=O) groups excluding carboxylic acids is 1. The Morgan fingerprint density at radius 3 is 2.31 bits per heavy atom. The number of rotatable bonds is 5. The lowest BCUT2D eigenvalue weighted by Gasteiger charge is -2.36. The van der Waals surface area contributed by atoms with Crippen molar-refractivity contribution in [2.75, 3.05) is 44.7 Å². The zero-order valence-electron chi connectivity index (χ0n) is 16.5. The predicted molar refractivity (Wildman–Crippen MR) is 125 cm³/mol. The van der Waals surface area contributed by atoms with Crippen molar-refractivity contribution in [2.24, 2.45) is 10.7 Å². The fourth-order valence-electron chi connectivity index (χ4n) is 3.16. The molecule has 1 fully saturated rings. The zero-order valence-corrected chi connectivity index (χ0v) is 18.8. The number of amides is 1. The van der Waals surface area contributed by atoms with Gasteiger partial charge in [0.1, 0.15) is 12.4 Å². The van der Waals surface area contributed by atoms with Gasteiger partial charge in [-0.05, 0) is 29.8 Å². The number of piperazine rings is 1. The molecule has 156 valence electrons. The number of nitrogens with zero attached hydrogens (tertiary/aromatic N) is 4. The monoisotopic (exact) mass is 511 g/mol. The van der Waals surface area contributed by atoms with Gasteiger partial charge >= 0.3 is 0 Å². The van der Waals surface area contributed by atoms with Crippen LogP contribution in [-0.2, 0) is 11.3 Å². The summed E-state index contributed by atoms with van der Waals surface area (Å²) in [6.45, 7) is 3.54. The predicted octanol–water partition coefficient (Wildman–Crippen LogP) is 2.54. The number of halogens is 2. The van der Waals surface area contributed by atoms with Gasteiger partial charge in [-0.1, -0.05) is 30.3 Å². The summed E-state index contributed by atoms with van der Waals surface area (Å²) in [5, 5.41) is 0. The third-order valence-corrected chi connectivity index (χ3v) is 4.86. The SMILES string of the molecule is CN(Cc1ccccc1)C(=O)CN=C(N)N1CCN(c2ccc(F)cc2)CC1.I. The molecule has 0 bridgehead atoms. The minimum Gasteiger partial charge on any atom is -0.370 e. The molecule has 1 aliphatic rings. The normalized spacial score (nSPS) is 14.3. The van der Waals surface area contributed by atoms with Gasteiger partial charge < -0.3 is 20.4 Å². The van der Waals surface area contributed by atoms with Gasteiger partial charge in [0.05, 0.1) is 0 Å². The third kappa shape index (κ3) is 6.59. The first-order valence-corrected chi connectivity index (χ1v) is 9.36. The van der Waals surface area contributed by atoms with Crippen LogP contribution >= 0.6 is 24.0 Å². The molecule has 0 aliphatic carbocycles. The topological polar surface area (TPSA) is 65.2 Å². The number of likely N-dealkylation sites (N-methyl/N-ethyl adjacent to an activating group) is 1. The number of anilines is 1. The Hall–Kier alpha value is -2.36. The molecule has 3 rings (SSSR count). The Morgan fingerprint density at radius 2 is 1.69 bits per heavy atom. The van der Waals surface area contributed by atoms with Crippen LogP contribution in [0.25, 0.3) is 0 Å². The lowest BCUT2D eigenvalue weighted by Crippen LogP contribution is -2.51. The number of aliphatic imine (C=N–C) groups is 1. The van der Waals surface area contributed by atoms with Crippen molar-refractivity contribution in [1.29, 1.82) is 0 Å². The number of guanidine groups is 1. The molecule has 0 atom stereocenters. The molecular weight excluding hydrogens is 484 g/mol. The Kier molecular flexibility index (Phi) is 8.69. The molecule has 6 nitrogen and oxygen atoms in total. The van der Waals surface area contributed by atoms with Crippen LogP contribution in [0.3, 0.4) is 0 Å².